The predicted molar refractivity (Wildman–Crippen MR) is 130 cm³/mol. The average Bonchev–Trinajstić information content (AvgIpc) is 3.31. The van der Waals surface area contributed by atoms with Crippen LogP contribution in [0.15, 0.2) is 53.6 Å². The second-order valence-corrected chi connectivity index (χ2v) is 9.53. The number of amides is 1. The zero-order chi connectivity index (χ0) is 25.4. The molecule has 11 heteroatoms. The van der Waals surface area contributed by atoms with Gasteiger partial charge in [0.2, 0.25) is 0 Å². The van der Waals surface area contributed by atoms with Gasteiger partial charge in [-0.05, 0) is 66.8 Å². The SMILES string of the molecule is COc1cc(-c2nsc3c(=O)n(CC4(O)CCN(C(=O)c5ccc(F)cc5)CC4)cnc23)ccc1F. The fraction of sp³-hybridized carbons (Fsp3) is 0.280. The van der Waals surface area contributed by atoms with E-state index in [9.17, 15) is 23.5 Å². The van der Waals surface area contributed by atoms with Crippen LogP contribution in [0.4, 0.5) is 8.78 Å². The molecule has 0 aliphatic carbocycles. The molecule has 1 aliphatic heterocycles. The Labute approximate surface area is 208 Å². The Morgan fingerprint density at radius 1 is 1.17 bits per heavy atom. The molecule has 2 aromatic carbocycles. The normalized spacial score (nSPS) is 15.3. The lowest BCUT2D eigenvalue weighted by atomic mass is 9.91. The van der Waals surface area contributed by atoms with Crippen molar-refractivity contribution in [2.45, 2.75) is 25.0 Å². The fourth-order valence-electron chi connectivity index (χ4n) is 4.34. The van der Waals surface area contributed by atoms with Crippen molar-refractivity contribution < 1.29 is 23.4 Å². The van der Waals surface area contributed by atoms with Crippen molar-refractivity contribution in [3.05, 3.63) is 76.3 Å². The Bertz CT molecular complexity index is 1490. The minimum Gasteiger partial charge on any atom is -0.494 e. The zero-order valence-electron chi connectivity index (χ0n) is 19.3. The number of halogens is 2. The molecule has 0 saturated carbocycles. The Morgan fingerprint density at radius 2 is 1.89 bits per heavy atom. The molecule has 4 aromatic rings. The van der Waals surface area contributed by atoms with Gasteiger partial charge in [-0.25, -0.2) is 13.8 Å². The molecule has 0 radical (unpaired) electrons. The van der Waals surface area contributed by atoms with Crippen molar-refractivity contribution in [1.82, 2.24) is 18.8 Å². The van der Waals surface area contributed by atoms with Gasteiger partial charge >= 0.3 is 0 Å². The molecule has 36 heavy (non-hydrogen) atoms. The number of hydrogen-bond acceptors (Lipinski definition) is 7. The largest absolute Gasteiger partial charge is 0.494 e. The number of fused-ring (bicyclic) bond motifs is 1. The molecule has 1 fully saturated rings. The molecule has 1 N–H and O–H groups in total. The lowest BCUT2D eigenvalue weighted by molar-refractivity contribution is -0.0299. The number of benzene rings is 2. The van der Waals surface area contributed by atoms with E-state index < -0.39 is 17.2 Å². The van der Waals surface area contributed by atoms with Gasteiger partial charge in [-0.2, -0.15) is 4.37 Å². The summed E-state index contributed by atoms with van der Waals surface area (Å²) in [6.07, 6.45) is 1.92. The summed E-state index contributed by atoms with van der Waals surface area (Å²) in [5, 5.41) is 11.2. The summed E-state index contributed by atoms with van der Waals surface area (Å²) in [5.74, 6) is -1.09. The molecule has 0 spiro atoms. The number of carbonyl (C=O) groups excluding carboxylic acids is 1. The zero-order valence-corrected chi connectivity index (χ0v) is 20.1. The van der Waals surface area contributed by atoms with Gasteiger partial charge in [0.1, 0.15) is 21.7 Å². The molecule has 1 aliphatic rings. The number of rotatable bonds is 5. The van der Waals surface area contributed by atoms with Crippen LogP contribution in [0, 0.1) is 11.6 Å². The van der Waals surface area contributed by atoms with Crippen LogP contribution in [-0.2, 0) is 6.54 Å². The Balaban J connectivity index is 1.33. The molecule has 0 unspecified atom stereocenters. The molecule has 2 aromatic heterocycles. The first-order valence-corrected chi connectivity index (χ1v) is 12.0. The summed E-state index contributed by atoms with van der Waals surface area (Å²) in [6.45, 7) is 0.618. The number of methoxy groups -OCH3 is 1. The lowest BCUT2D eigenvalue weighted by Gasteiger charge is -2.38. The van der Waals surface area contributed by atoms with Crippen LogP contribution in [0.2, 0.25) is 0 Å². The fourth-order valence-corrected chi connectivity index (χ4v) is 5.15. The molecular weight excluding hydrogens is 490 g/mol. The van der Waals surface area contributed by atoms with Gasteiger partial charge in [-0.1, -0.05) is 0 Å². The minimum absolute atomic E-state index is 0.0188. The van der Waals surface area contributed by atoms with Crippen LogP contribution in [-0.4, -0.2) is 55.6 Å². The topological polar surface area (TPSA) is 97.5 Å². The van der Waals surface area contributed by atoms with E-state index in [1.165, 1.54) is 54.4 Å². The molecule has 1 amide bonds. The molecule has 0 bridgehead atoms. The van der Waals surface area contributed by atoms with Gasteiger partial charge in [0.15, 0.2) is 11.6 Å². The van der Waals surface area contributed by atoms with E-state index in [2.05, 4.69) is 9.36 Å². The summed E-state index contributed by atoms with van der Waals surface area (Å²) in [5.41, 5.74) is 0.256. The van der Waals surface area contributed by atoms with Gasteiger partial charge in [0.25, 0.3) is 11.5 Å². The van der Waals surface area contributed by atoms with Crippen LogP contribution in [0.5, 0.6) is 5.75 Å². The van der Waals surface area contributed by atoms with Crippen molar-refractivity contribution in [1.29, 1.82) is 0 Å². The summed E-state index contributed by atoms with van der Waals surface area (Å²) in [4.78, 5) is 31.9. The maximum Gasteiger partial charge on any atom is 0.273 e. The summed E-state index contributed by atoms with van der Waals surface area (Å²) >= 11 is 0.989. The number of piperidine rings is 1. The number of ether oxygens (including phenoxy) is 1. The number of aromatic nitrogens is 3. The Kier molecular flexibility index (Phi) is 6.27. The third-order valence-corrected chi connectivity index (χ3v) is 7.24. The molecule has 3 heterocycles. The van der Waals surface area contributed by atoms with Crippen molar-refractivity contribution in [3.63, 3.8) is 0 Å². The van der Waals surface area contributed by atoms with Crippen LogP contribution < -0.4 is 10.3 Å². The predicted octanol–water partition coefficient (Wildman–Crippen LogP) is 3.47. The van der Waals surface area contributed by atoms with Crippen LogP contribution in [0.1, 0.15) is 23.2 Å². The second kappa shape index (κ2) is 9.40. The standard InChI is InChI=1S/C25H22F2N4O4S/c1-35-19-12-16(4-7-18(19)27)20-21-22(36-29-20)24(33)31(14-28-21)13-25(34)8-10-30(11-9-25)23(32)15-2-5-17(26)6-3-15/h2-7,12,14,34H,8-11,13H2,1H3. The average molecular weight is 513 g/mol. The third kappa shape index (κ3) is 4.47. The number of hydrogen-bond donors (Lipinski definition) is 1. The number of nitrogens with zero attached hydrogens (tertiary/aromatic N) is 4. The number of likely N-dealkylation sites (tertiary alicyclic amines) is 1. The van der Waals surface area contributed by atoms with E-state index in [4.69, 9.17) is 4.74 Å². The number of carbonyl (C=O) groups is 1. The first kappa shape index (κ1) is 24.0. The first-order valence-electron chi connectivity index (χ1n) is 11.2. The Hall–Kier alpha value is -3.70. The van der Waals surface area contributed by atoms with E-state index in [-0.39, 0.29) is 36.6 Å². The van der Waals surface area contributed by atoms with Gasteiger partial charge in [-0.3, -0.25) is 14.2 Å². The van der Waals surface area contributed by atoms with E-state index in [0.717, 1.165) is 11.5 Å². The molecule has 0 atom stereocenters. The first-order chi connectivity index (χ1) is 17.3. The second-order valence-electron chi connectivity index (χ2n) is 8.76. The molecule has 186 valence electrons. The van der Waals surface area contributed by atoms with Gasteiger partial charge < -0.3 is 14.7 Å². The number of aliphatic hydroxyl groups is 1. The summed E-state index contributed by atoms with van der Waals surface area (Å²) in [6, 6.07) is 9.66. The van der Waals surface area contributed by atoms with E-state index in [1.807, 2.05) is 0 Å². The maximum atomic E-state index is 13.8. The highest BCUT2D eigenvalue weighted by molar-refractivity contribution is 7.13. The van der Waals surface area contributed by atoms with Crippen LogP contribution >= 0.6 is 11.5 Å². The maximum absolute atomic E-state index is 13.8. The van der Waals surface area contributed by atoms with Gasteiger partial charge in [-0.15, -0.1) is 0 Å². The van der Waals surface area contributed by atoms with Gasteiger partial charge in [0.05, 0.1) is 25.6 Å². The third-order valence-electron chi connectivity index (χ3n) is 6.41. The smallest absolute Gasteiger partial charge is 0.273 e. The van der Waals surface area contributed by atoms with Crippen LogP contribution in [0.3, 0.4) is 0 Å². The van der Waals surface area contributed by atoms with Crippen molar-refractivity contribution in [3.8, 4) is 17.0 Å². The highest BCUT2D eigenvalue weighted by Crippen LogP contribution is 2.31. The molecule has 1 saturated heterocycles. The Morgan fingerprint density at radius 3 is 2.58 bits per heavy atom. The highest BCUT2D eigenvalue weighted by atomic mass is 32.1. The lowest BCUT2D eigenvalue weighted by Crippen LogP contribution is -2.49. The van der Waals surface area contributed by atoms with Crippen molar-refractivity contribution in [2.24, 2.45) is 0 Å². The summed E-state index contributed by atoms with van der Waals surface area (Å²) < 4.78 is 38.0. The molecule has 8 nitrogen and oxygen atoms in total. The monoisotopic (exact) mass is 512 g/mol. The molecule has 5 rings (SSSR count). The van der Waals surface area contributed by atoms with Gasteiger partial charge in [0, 0.05) is 24.2 Å². The molecular formula is C25H22F2N4O4S. The van der Waals surface area contributed by atoms with Crippen molar-refractivity contribution >= 4 is 27.7 Å². The van der Waals surface area contributed by atoms with E-state index in [0.29, 0.717) is 40.1 Å². The minimum atomic E-state index is -1.20. The summed E-state index contributed by atoms with van der Waals surface area (Å²) in [7, 11) is 1.37. The quantitative estimate of drug-likeness (QED) is 0.440. The highest BCUT2D eigenvalue weighted by Gasteiger charge is 2.35. The van der Waals surface area contributed by atoms with Crippen LogP contribution in [0.25, 0.3) is 21.5 Å². The van der Waals surface area contributed by atoms with E-state index in [1.54, 1.807) is 11.0 Å². The van der Waals surface area contributed by atoms with E-state index >= 15 is 0 Å². The van der Waals surface area contributed by atoms with Crippen molar-refractivity contribution in [2.75, 3.05) is 20.2 Å².